The molecule has 1 fully saturated rings. The summed E-state index contributed by atoms with van der Waals surface area (Å²) in [6.45, 7) is 3.96. The van der Waals surface area contributed by atoms with Gasteiger partial charge in [-0.3, -0.25) is 0 Å². The first-order valence-electron chi connectivity index (χ1n) is 6.86. The first-order chi connectivity index (χ1) is 7.97. The van der Waals surface area contributed by atoms with Gasteiger partial charge in [-0.05, 0) is 25.8 Å². The van der Waals surface area contributed by atoms with Crippen molar-refractivity contribution in [2.45, 2.75) is 63.7 Å². The lowest BCUT2D eigenvalue weighted by molar-refractivity contribution is 0.404. The topological polar surface area (TPSA) is 46.2 Å². The summed E-state index contributed by atoms with van der Waals surface area (Å²) >= 11 is 0. The van der Waals surface area contributed by atoms with Gasteiger partial charge in [0, 0.05) is 6.04 Å². The van der Waals surface area contributed by atoms with Gasteiger partial charge >= 0.3 is 0 Å². The summed E-state index contributed by atoms with van der Waals surface area (Å²) in [4.78, 5) is 0. The monoisotopic (exact) mass is 261 g/mol. The Balaban J connectivity index is 2.80. The maximum atomic E-state index is 12.4. The fourth-order valence-electron chi connectivity index (χ4n) is 2.80. The van der Waals surface area contributed by atoms with E-state index in [0.717, 1.165) is 25.7 Å². The molecule has 102 valence electrons. The summed E-state index contributed by atoms with van der Waals surface area (Å²) in [6, 6.07) is 0.152. The summed E-state index contributed by atoms with van der Waals surface area (Å²) in [5, 5.41) is 3.05. The smallest absolute Gasteiger partial charge is 0.154 e. The van der Waals surface area contributed by atoms with Crippen molar-refractivity contribution in [1.29, 1.82) is 0 Å². The molecule has 1 aliphatic carbocycles. The van der Waals surface area contributed by atoms with Crippen molar-refractivity contribution in [3.63, 3.8) is 0 Å². The largest absolute Gasteiger partial charge is 0.316 e. The van der Waals surface area contributed by atoms with Gasteiger partial charge in [0.15, 0.2) is 9.84 Å². The average Bonchev–Trinajstić information content (AvgIpc) is 2.14. The zero-order valence-corrected chi connectivity index (χ0v) is 12.2. The Hall–Kier alpha value is -0.0900. The molecule has 2 atom stereocenters. The summed E-state index contributed by atoms with van der Waals surface area (Å²) in [7, 11) is -1.05. The van der Waals surface area contributed by atoms with Gasteiger partial charge in [0.05, 0.1) is 11.0 Å². The van der Waals surface area contributed by atoms with Crippen molar-refractivity contribution >= 4 is 9.84 Å². The molecule has 0 aromatic heterocycles. The van der Waals surface area contributed by atoms with Crippen LogP contribution in [0.2, 0.25) is 0 Å². The second kappa shape index (κ2) is 6.74. The SMILES string of the molecule is CNC1CCCCCCC1S(=O)(=O)CC(C)C. The van der Waals surface area contributed by atoms with Crippen LogP contribution < -0.4 is 5.32 Å². The Morgan fingerprint density at radius 3 is 2.24 bits per heavy atom. The molecule has 17 heavy (non-hydrogen) atoms. The van der Waals surface area contributed by atoms with Gasteiger partial charge in [-0.25, -0.2) is 8.42 Å². The van der Waals surface area contributed by atoms with Crippen LogP contribution in [0.5, 0.6) is 0 Å². The van der Waals surface area contributed by atoms with Gasteiger partial charge in [-0.15, -0.1) is 0 Å². The predicted molar refractivity (Wildman–Crippen MR) is 73.0 cm³/mol. The van der Waals surface area contributed by atoms with E-state index in [9.17, 15) is 8.42 Å². The molecule has 0 aliphatic heterocycles. The van der Waals surface area contributed by atoms with Crippen LogP contribution in [0.15, 0.2) is 0 Å². The minimum absolute atomic E-state index is 0.152. The molecule has 0 spiro atoms. The molecule has 1 saturated carbocycles. The third kappa shape index (κ3) is 4.59. The fraction of sp³-hybridized carbons (Fsp3) is 1.00. The summed E-state index contributed by atoms with van der Waals surface area (Å²) < 4.78 is 24.8. The van der Waals surface area contributed by atoms with Gasteiger partial charge in [0.1, 0.15) is 0 Å². The lowest BCUT2D eigenvalue weighted by Gasteiger charge is -2.29. The highest BCUT2D eigenvalue weighted by Gasteiger charge is 2.32. The molecule has 0 aromatic carbocycles. The average molecular weight is 261 g/mol. The van der Waals surface area contributed by atoms with Crippen molar-refractivity contribution in [3.8, 4) is 0 Å². The Bertz CT molecular complexity index is 311. The Morgan fingerprint density at radius 1 is 1.12 bits per heavy atom. The minimum Gasteiger partial charge on any atom is -0.316 e. The van der Waals surface area contributed by atoms with E-state index in [1.54, 1.807) is 0 Å². The maximum Gasteiger partial charge on any atom is 0.154 e. The molecule has 1 rings (SSSR count). The predicted octanol–water partition coefficient (Wildman–Crippen LogP) is 2.37. The molecule has 4 heteroatoms. The molecule has 3 nitrogen and oxygen atoms in total. The standard InChI is InChI=1S/C13H27NO2S/c1-11(2)10-17(15,16)13-9-7-5-4-6-8-12(13)14-3/h11-14H,4-10H2,1-3H3. The van der Waals surface area contributed by atoms with Crippen molar-refractivity contribution in [2.24, 2.45) is 5.92 Å². The quantitative estimate of drug-likeness (QED) is 0.845. The van der Waals surface area contributed by atoms with Gasteiger partial charge in [-0.2, -0.15) is 0 Å². The molecule has 1 N–H and O–H groups in total. The zero-order valence-electron chi connectivity index (χ0n) is 11.4. The number of nitrogens with one attached hydrogen (secondary N) is 1. The van der Waals surface area contributed by atoms with E-state index in [2.05, 4.69) is 5.32 Å². The molecule has 0 amide bonds. The van der Waals surface area contributed by atoms with E-state index in [1.807, 2.05) is 20.9 Å². The molecule has 0 aromatic rings. The molecule has 0 heterocycles. The first kappa shape index (κ1) is 15.0. The van der Waals surface area contributed by atoms with Crippen LogP contribution >= 0.6 is 0 Å². The number of sulfone groups is 1. The highest BCUT2D eigenvalue weighted by molar-refractivity contribution is 7.92. The Labute approximate surface area is 106 Å². The van der Waals surface area contributed by atoms with Gasteiger partial charge in [-0.1, -0.05) is 39.5 Å². The van der Waals surface area contributed by atoms with Crippen molar-refractivity contribution in [1.82, 2.24) is 5.32 Å². The number of hydrogen-bond acceptors (Lipinski definition) is 3. The summed E-state index contributed by atoms with van der Waals surface area (Å²) in [5.41, 5.74) is 0. The summed E-state index contributed by atoms with van der Waals surface area (Å²) in [6.07, 6.45) is 6.47. The molecule has 0 saturated heterocycles. The molecular formula is C13H27NO2S. The zero-order chi connectivity index (χ0) is 12.9. The van der Waals surface area contributed by atoms with E-state index < -0.39 is 9.84 Å². The highest BCUT2D eigenvalue weighted by atomic mass is 32.2. The Kier molecular flexibility index (Phi) is 5.93. The van der Waals surface area contributed by atoms with Crippen molar-refractivity contribution in [3.05, 3.63) is 0 Å². The van der Waals surface area contributed by atoms with E-state index in [-0.39, 0.29) is 17.2 Å². The summed E-state index contributed by atoms with van der Waals surface area (Å²) in [5.74, 6) is 0.554. The van der Waals surface area contributed by atoms with E-state index in [0.29, 0.717) is 5.75 Å². The Morgan fingerprint density at radius 2 is 1.71 bits per heavy atom. The second-order valence-corrected chi connectivity index (χ2v) is 7.91. The van der Waals surface area contributed by atoms with Gasteiger partial charge in [0.2, 0.25) is 0 Å². The van der Waals surface area contributed by atoms with Crippen LogP contribution in [0.4, 0.5) is 0 Å². The van der Waals surface area contributed by atoms with Crippen LogP contribution in [0.3, 0.4) is 0 Å². The van der Waals surface area contributed by atoms with Crippen molar-refractivity contribution < 1.29 is 8.42 Å². The number of rotatable bonds is 4. The van der Waals surface area contributed by atoms with Gasteiger partial charge in [0.25, 0.3) is 0 Å². The third-order valence-corrected chi connectivity index (χ3v) is 6.22. The van der Waals surface area contributed by atoms with Crippen LogP contribution in [-0.2, 0) is 9.84 Å². The second-order valence-electron chi connectivity index (χ2n) is 5.65. The van der Waals surface area contributed by atoms with E-state index in [4.69, 9.17) is 0 Å². The van der Waals surface area contributed by atoms with Crippen LogP contribution in [-0.4, -0.2) is 32.5 Å². The first-order valence-corrected chi connectivity index (χ1v) is 8.57. The van der Waals surface area contributed by atoms with Crippen LogP contribution in [0.1, 0.15) is 52.4 Å². The minimum atomic E-state index is -2.95. The van der Waals surface area contributed by atoms with E-state index >= 15 is 0 Å². The van der Waals surface area contributed by atoms with Crippen LogP contribution in [0.25, 0.3) is 0 Å². The lowest BCUT2D eigenvalue weighted by atomic mass is 9.96. The van der Waals surface area contributed by atoms with Gasteiger partial charge < -0.3 is 5.32 Å². The highest BCUT2D eigenvalue weighted by Crippen LogP contribution is 2.24. The third-order valence-electron chi connectivity index (χ3n) is 3.60. The fourth-order valence-corrected chi connectivity index (χ4v) is 5.27. The van der Waals surface area contributed by atoms with Crippen molar-refractivity contribution in [2.75, 3.05) is 12.8 Å². The normalized spacial score (nSPS) is 27.8. The maximum absolute atomic E-state index is 12.4. The van der Waals surface area contributed by atoms with E-state index in [1.165, 1.54) is 12.8 Å². The molecular weight excluding hydrogens is 234 g/mol. The molecule has 0 bridgehead atoms. The molecule has 0 radical (unpaired) electrons. The van der Waals surface area contributed by atoms with Crippen LogP contribution in [0, 0.1) is 5.92 Å². The lowest BCUT2D eigenvalue weighted by Crippen LogP contribution is -2.44. The molecule has 1 aliphatic rings. The number of hydrogen-bond donors (Lipinski definition) is 1. The molecule has 2 unspecified atom stereocenters.